The molecule has 2 N–H and O–H groups in total. The van der Waals surface area contributed by atoms with Gasteiger partial charge < -0.3 is 29.4 Å². The van der Waals surface area contributed by atoms with Crippen LogP contribution < -0.4 is 5.32 Å². The molecule has 0 rings (SSSR count). The second-order valence-electron chi connectivity index (χ2n) is 5.60. The lowest BCUT2D eigenvalue weighted by atomic mass is 10.1. The largest absolute Gasteiger partial charge is 0.467 e. The zero-order valence-corrected chi connectivity index (χ0v) is 15.6. The summed E-state index contributed by atoms with van der Waals surface area (Å²) in [5.74, 6) is -0.670. The molecular formula is C17H31NO7. The Morgan fingerprint density at radius 3 is 2.48 bits per heavy atom. The number of carbonyl (C=O) groups excluding carboxylic acids is 2. The van der Waals surface area contributed by atoms with Gasteiger partial charge in [-0.15, -0.1) is 0 Å². The fourth-order valence-corrected chi connectivity index (χ4v) is 1.68. The van der Waals surface area contributed by atoms with E-state index in [9.17, 15) is 14.7 Å². The Morgan fingerprint density at radius 1 is 1.20 bits per heavy atom. The van der Waals surface area contributed by atoms with E-state index in [-0.39, 0.29) is 13.2 Å². The first-order valence-electron chi connectivity index (χ1n) is 8.44. The highest BCUT2D eigenvalue weighted by atomic mass is 16.6. The van der Waals surface area contributed by atoms with Crippen LogP contribution >= 0.6 is 0 Å². The Hall–Kier alpha value is -1.64. The first kappa shape index (κ1) is 23.4. The monoisotopic (exact) mass is 361 g/mol. The molecule has 0 saturated heterocycles. The third-order valence-corrected chi connectivity index (χ3v) is 3.08. The molecule has 0 fully saturated rings. The van der Waals surface area contributed by atoms with E-state index in [1.165, 1.54) is 26.2 Å². The van der Waals surface area contributed by atoms with Crippen LogP contribution in [-0.2, 0) is 23.7 Å². The second kappa shape index (κ2) is 13.6. The van der Waals surface area contributed by atoms with E-state index < -0.39 is 23.7 Å². The Kier molecular flexibility index (Phi) is 12.7. The number of amides is 1. The average molecular weight is 361 g/mol. The van der Waals surface area contributed by atoms with E-state index in [0.717, 1.165) is 12.8 Å². The van der Waals surface area contributed by atoms with Crippen LogP contribution in [0.25, 0.3) is 0 Å². The maximum atomic E-state index is 11.8. The van der Waals surface area contributed by atoms with Crippen molar-refractivity contribution in [3.63, 3.8) is 0 Å². The van der Waals surface area contributed by atoms with Crippen molar-refractivity contribution in [3.8, 4) is 0 Å². The normalized spacial score (nSPS) is 14.8. The molecule has 2 unspecified atom stereocenters. The zero-order chi connectivity index (χ0) is 19.1. The summed E-state index contributed by atoms with van der Waals surface area (Å²) in [4.78, 5) is 23.4. The van der Waals surface area contributed by atoms with Crippen LogP contribution in [0, 0.1) is 0 Å². The zero-order valence-electron chi connectivity index (χ0n) is 15.6. The first-order chi connectivity index (χ1) is 11.9. The molecule has 25 heavy (non-hydrogen) atoms. The van der Waals surface area contributed by atoms with Crippen LogP contribution in [0.1, 0.15) is 33.6 Å². The fraction of sp³-hybridized carbons (Fsp3) is 0.765. The number of hydrogen-bond acceptors (Lipinski definition) is 7. The molecule has 2 atom stereocenters. The van der Waals surface area contributed by atoms with E-state index in [0.29, 0.717) is 19.8 Å². The van der Waals surface area contributed by atoms with Crippen LogP contribution in [-0.4, -0.2) is 69.0 Å². The molecule has 0 aliphatic rings. The molecule has 0 aromatic rings. The van der Waals surface area contributed by atoms with Crippen LogP contribution in [0.15, 0.2) is 12.2 Å². The maximum absolute atomic E-state index is 11.8. The molecule has 0 aromatic carbocycles. The number of aliphatic hydroxyl groups is 1. The van der Waals surface area contributed by atoms with E-state index in [4.69, 9.17) is 14.2 Å². The van der Waals surface area contributed by atoms with Crippen molar-refractivity contribution in [2.75, 3.05) is 40.1 Å². The third-order valence-electron chi connectivity index (χ3n) is 3.08. The SMILES string of the molecule is CCCCOC(=O)NC(/C=C/C(C)(O)COCCOCC)C(=O)OC. The lowest BCUT2D eigenvalue weighted by Gasteiger charge is -2.20. The molecule has 1 amide bonds. The number of alkyl carbamates (subject to hydrolysis) is 1. The minimum atomic E-state index is -1.31. The van der Waals surface area contributed by atoms with Crippen LogP contribution in [0.3, 0.4) is 0 Å². The van der Waals surface area contributed by atoms with Gasteiger partial charge in [-0.1, -0.05) is 25.5 Å². The standard InChI is InChI=1S/C17H31NO7/c1-5-7-10-25-16(20)18-14(15(19)22-4)8-9-17(3,21)13-24-12-11-23-6-2/h8-9,14,21H,5-7,10-13H2,1-4H3,(H,18,20)/b9-8+. The molecule has 0 radical (unpaired) electrons. The molecule has 0 aromatic heterocycles. The van der Waals surface area contributed by atoms with Gasteiger partial charge in [0.1, 0.15) is 11.6 Å². The lowest BCUT2D eigenvalue weighted by molar-refractivity contribution is -0.141. The summed E-state index contributed by atoms with van der Waals surface area (Å²) in [6, 6.07) is -1.06. The van der Waals surface area contributed by atoms with E-state index in [1.807, 2.05) is 13.8 Å². The van der Waals surface area contributed by atoms with Crippen molar-refractivity contribution in [1.82, 2.24) is 5.32 Å². The quantitative estimate of drug-likeness (QED) is 0.290. The van der Waals surface area contributed by atoms with Gasteiger partial charge in [0.05, 0.1) is 33.5 Å². The molecule has 8 heteroatoms. The smallest absolute Gasteiger partial charge is 0.408 e. The molecule has 0 aliphatic carbocycles. The number of nitrogens with one attached hydrogen (secondary N) is 1. The summed E-state index contributed by atoms with van der Waals surface area (Å²) >= 11 is 0. The number of ether oxygens (including phenoxy) is 4. The minimum Gasteiger partial charge on any atom is -0.467 e. The van der Waals surface area contributed by atoms with Gasteiger partial charge in [-0.25, -0.2) is 9.59 Å². The molecule has 0 aliphatic heterocycles. The lowest BCUT2D eigenvalue weighted by Crippen LogP contribution is -2.41. The minimum absolute atomic E-state index is 0.0193. The number of unbranched alkanes of at least 4 members (excludes halogenated alkanes) is 1. The third kappa shape index (κ3) is 12.4. The fourth-order valence-electron chi connectivity index (χ4n) is 1.68. The predicted octanol–water partition coefficient (Wildman–Crippen LogP) is 1.41. The van der Waals surface area contributed by atoms with E-state index in [2.05, 4.69) is 10.1 Å². The van der Waals surface area contributed by atoms with Gasteiger partial charge in [0.15, 0.2) is 0 Å². The number of rotatable bonds is 13. The van der Waals surface area contributed by atoms with Crippen LogP contribution in [0.2, 0.25) is 0 Å². The number of esters is 1. The Balaban J connectivity index is 4.53. The molecule has 146 valence electrons. The van der Waals surface area contributed by atoms with E-state index in [1.54, 1.807) is 0 Å². The Bertz CT molecular complexity index is 410. The Labute approximate surface area is 149 Å². The highest BCUT2D eigenvalue weighted by molar-refractivity contribution is 5.83. The molecular weight excluding hydrogens is 330 g/mol. The predicted molar refractivity (Wildman–Crippen MR) is 92.3 cm³/mol. The van der Waals surface area contributed by atoms with Crippen molar-refractivity contribution in [1.29, 1.82) is 0 Å². The van der Waals surface area contributed by atoms with E-state index >= 15 is 0 Å². The summed E-state index contributed by atoms with van der Waals surface area (Å²) in [6.07, 6.45) is 3.63. The van der Waals surface area contributed by atoms with Crippen molar-refractivity contribution in [3.05, 3.63) is 12.2 Å². The molecule has 0 spiro atoms. The van der Waals surface area contributed by atoms with Gasteiger partial charge >= 0.3 is 12.1 Å². The summed E-state index contributed by atoms with van der Waals surface area (Å²) in [7, 11) is 1.21. The molecule has 0 heterocycles. The molecule has 8 nitrogen and oxygen atoms in total. The van der Waals surface area contributed by atoms with Gasteiger partial charge in [-0.05, 0) is 20.3 Å². The van der Waals surface area contributed by atoms with Gasteiger partial charge in [0.2, 0.25) is 0 Å². The summed E-state index contributed by atoms with van der Waals surface area (Å²) < 4.78 is 20.0. The highest BCUT2D eigenvalue weighted by Gasteiger charge is 2.22. The topological polar surface area (TPSA) is 103 Å². The van der Waals surface area contributed by atoms with Crippen LogP contribution in [0.5, 0.6) is 0 Å². The number of hydrogen-bond donors (Lipinski definition) is 2. The van der Waals surface area contributed by atoms with Crippen molar-refractivity contribution in [2.45, 2.75) is 45.3 Å². The maximum Gasteiger partial charge on any atom is 0.408 e. The van der Waals surface area contributed by atoms with Gasteiger partial charge in [0, 0.05) is 6.61 Å². The van der Waals surface area contributed by atoms with Crippen molar-refractivity contribution < 1.29 is 33.6 Å². The Morgan fingerprint density at radius 2 is 1.88 bits per heavy atom. The second-order valence-corrected chi connectivity index (χ2v) is 5.60. The molecule has 0 saturated carbocycles. The van der Waals surface area contributed by atoms with Crippen LogP contribution in [0.4, 0.5) is 4.79 Å². The first-order valence-corrected chi connectivity index (χ1v) is 8.44. The molecule has 0 bridgehead atoms. The number of methoxy groups -OCH3 is 1. The van der Waals surface area contributed by atoms with Crippen molar-refractivity contribution >= 4 is 12.1 Å². The van der Waals surface area contributed by atoms with Crippen molar-refractivity contribution in [2.24, 2.45) is 0 Å². The summed E-state index contributed by atoms with van der Waals surface area (Å²) in [6.45, 7) is 7.05. The summed E-state index contributed by atoms with van der Waals surface area (Å²) in [5, 5.41) is 12.6. The van der Waals surface area contributed by atoms with Gasteiger partial charge in [0.25, 0.3) is 0 Å². The summed E-state index contributed by atoms with van der Waals surface area (Å²) in [5.41, 5.74) is -1.31. The van der Waals surface area contributed by atoms with Gasteiger partial charge in [-0.2, -0.15) is 0 Å². The highest BCUT2D eigenvalue weighted by Crippen LogP contribution is 2.08. The number of carbonyl (C=O) groups is 2. The van der Waals surface area contributed by atoms with Gasteiger partial charge in [-0.3, -0.25) is 0 Å². The average Bonchev–Trinajstić information content (AvgIpc) is 2.58.